The van der Waals surface area contributed by atoms with Crippen LogP contribution in [0.15, 0.2) is 11.8 Å². The van der Waals surface area contributed by atoms with Crippen molar-refractivity contribution in [1.29, 1.82) is 5.26 Å². The molecule has 0 aromatic rings. The van der Waals surface area contributed by atoms with Crippen LogP contribution in [-0.4, -0.2) is 104 Å². The van der Waals surface area contributed by atoms with Crippen LogP contribution >= 0.6 is 0 Å². The molecule has 2 aliphatic rings. The van der Waals surface area contributed by atoms with Gasteiger partial charge in [-0.3, -0.25) is 9.69 Å². The van der Waals surface area contributed by atoms with Gasteiger partial charge in [-0.25, -0.2) is 4.79 Å². The van der Waals surface area contributed by atoms with Gasteiger partial charge in [-0.05, 0) is 6.92 Å². The van der Waals surface area contributed by atoms with Gasteiger partial charge in [0, 0.05) is 71.6 Å². The highest BCUT2D eigenvalue weighted by molar-refractivity contribution is 5.97. The molecule has 2 N–H and O–H groups in total. The van der Waals surface area contributed by atoms with Gasteiger partial charge >= 0.3 is 6.09 Å². The van der Waals surface area contributed by atoms with E-state index >= 15 is 0 Å². The van der Waals surface area contributed by atoms with Crippen LogP contribution in [0.2, 0.25) is 0 Å². The molecule has 0 unspecified atom stereocenters. The molecule has 9 nitrogen and oxygen atoms in total. The number of carbonyl (C=O) groups excluding carboxylic acids is 2. The van der Waals surface area contributed by atoms with Crippen LogP contribution < -0.4 is 5.73 Å². The molecule has 2 amide bonds. The van der Waals surface area contributed by atoms with E-state index in [0.29, 0.717) is 52.4 Å². The third kappa shape index (κ3) is 5.34. The average molecular weight is 364 g/mol. The predicted octanol–water partition coefficient (Wildman–Crippen LogP) is -0.729. The highest BCUT2D eigenvalue weighted by Gasteiger charge is 2.25. The van der Waals surface area contributed by atoms with E-state index in [2.05, 4.69) is 4.90 Å². The molecule has 0 aromatic carbocycles. The molecule has 2 heterocycles. The summed E-state index contributed by atoms with van der Waals surface area (Å²) < 4.78 is 4.99. The first kappa shape index (κ1) is 20.0. The van der Waals surface area contributed by atoms with Gasteiger partial charge in [-0.1, -0.05) is 0 Å². The SMILES string of the molecule is CCOC(=O)N1CCN(/C=C(/C#N)C(=O)N2CCN(CCN)CC2)CC1. The quantitative estimate of drug-likeness (QED) is 0.506. The molecule has 26 heavy (non-hydrogen) atoms. The fraction of sp³-hybridized carbons (Fsp3) is 0.706. The van der Waals surface area contributed by atoms with Crippen LogP contribution in [-0.2, 0) is 9.53 Å². The van der Waals surface area contributed by atoms with E-state index in [-0.39, 0.29) is 17.6 Å². The number of carbonyl (C=O) groups is 2. The van der Waals surface area contributed by atoms with Crippen LogP contribution in [0.1, 0.15) is 6.92 Å². The van der Waals surface area contributed by atoms with Gasteiger partial charge in [0.25, 0.3) is 5.91 Å². The fourth-order valence-corrected chi connectivity index (χ4v) is 3.09. The average Bonchev–Trinajstić information content (AvgIpc) is 2.67. The summed E-state index contributed by atoms with van der Waals surface area (Å²) in [5.41, 5.74) is 5.70. The maximum atomic E-state index is 12.6. The van der Waals surface area contributed by atoms with Crippen molar-refractivity contribution in [1.82, 2.24) is 19.6 Å². The summed E-state index contributed by atoms with van der Waals surface area (Å²) in [6.07, 6.45) is 1.31. The van der Waals surface area contributed by atoms with Gasteiger partial charge in [-0.2, -0.15) is 5.26 Å². The van der Waals surface area contributed by atoms with Gasteiger partial charge in [0.2, 0.25) is 0 Å². The van der Waals surface area contributed by atoms with Crippen molar-refractivity contribution in [3.63, 3.8) is 0 Å². The van der Waals surface area contributed by atoms with Crippen LogP contribution in [0.25, 0.3) is 0 Å². The second kappa shape index (κ2) is 9.99. The molecular formula is C17H28N6O3. The summed E-state index contributed by atoms with van der Waals surface area (Å²) in [5.74, 6) is -0.229. The lowest BCUT2D eigenvalue weighted by Crippen LogP contribution is -2.50. The summed E-state index contributed by atoms with van der Waals surface area (Å²) in [6, 6.07) is 2.03. The van der Waals surface area contributed by atoms with Crippen molar-refractivity contribution in [2.24, 2.45) is 5.73 Å². The largest absolute Gasteiger partial charge is 0.450 e. The van der Waals surface area contributed by atoms with Gasteiger partial charge in [0.1, 0.15) is 11.6 Å². The van der Waals surface area contributed by atoms with Crippen molar-refractivity contribution in [3.05, 3.63) is 11.8 Å². The minimum atomic E-state index is -0.317. The standard InChI is InChI=1S/C17H28N6O3/c1-2-26-17(25)23-11-7-21(8-12-23)14-15(13-19)16(24)22-9-5-20(4-3-18)6-10-22/h14H,2-12,18H2,1H3/b15-14-. The van der Waals surface area contributed by atoms with Gasteiger partial charge < -0.3 is 25.2 Å². The van der Waals surface area contributed by atoms with Gasteiger partial charge in [0.15, 0.2) is 0 Å². The first-order valence-electron chi connectivity index (χ1n) is 9.08. The Morgan fingerprint density at radius 1 is 1.08 bits per heavy atom. The molecular weight excluding hydrogens is 336 g/mol. The lowest BCUT2D eigenvalue weighted by Gasteiger charge is -2.35. The maximum Gasteiger partial charge on any atom is 0.409 e. The topological polar surface area (TPSA) is 106 Å². The highest BCUT2D eigenvalue weighted by Crippen LogP contribution is 2.10. The number of piperazine rings is 2. The summed E-state index contributed by atoms with van der Waals surface area (Å²) in [7, 11) is 0. The molecule has 0 bridgehead atoms. The lowest BCUT2D eigenvalue weighted by molar-refractivity contribution is -0.128. The molecule has 9 heteroatoms. The number of amides is 2. The zero-order chi connectivity index (χ0) is 18.9. The number of nitrogens with zero attached hydrogens (tertiary/aromatic N) is 5. The maximum absolute atomic E-state index is 12.6. The van der Waals surface area contributed by atoms with E-state index in [1.807, 2.05) is 11.0 Å². The summed E-state index contributed by atoms with van der Waals surface area (Å²) in [6.45, 7) is 8.50. The second-order valence-electron chi connectivity index (χ2n) is 6.30. The van der Waals surface area contributed by atoms with Crippen LogP contribution in [0.3, 0.4) is 0 Å². The Labute approximate surface area is 154 Å². The molecule has 2 fully saturated rings. The van der Waals surface area contributed by atoms with E-state index in [1.54, 1.807) is 22.9 Å². The minimum Gasteiger partial charge on any atom is -0.450 e. The first-order chi connectivity index (χ1) is 12.6. The Bertz CT molecular complexity index is 557. The predicted molar refractivity (Wildman–Crippen MR) is 95.9 cm³/mol. The molecule has 0 saturated carbocycles. The first-order valence-corrected chi connectivity index (χ1v) is 9.08. The highest BCUT2D eigenvalue weighted by atomic mass is 16.6. The smallest absolute Gasteiger partial charge is 0.409 e. The monoisotopic (exact) mass is 364 g/mol. The molecule has 144 valence electrons. The molecule has 0 atom stereocenters. The number of hydrogen-bond acceptors (Lipinski definition) is 7. The van der Waals surface area contributed by atoms with Crippen LogP contribution in [0.4, 0.5) is 4.79 Å². The van der Waals surface area contributed by atoms with E-state index in [0.717, 1.165) is 19.6 Å². The fourth-order valence-electron chi connectivity index (χ4n) is 3.09. The number of rotatable bonds is 5. The Kier molecular flexibility index (Phi) is 7.69. The van der Waals surface area contributed by atoms with E-state index < -0.39 is 0 Å². The van der Waals surface area contributed by atoms with Crippen LogP contribution in [0.5, 0.6) is 0 Å². The third-order valence-electron chi connectivity index (χ3n) is 4.61. The van der Waals surface area contributed by atoms with Crippen molar-refractivity contribution in [2.45, 2.75) is 6.92 Å². The number of nitrogens with two attached hydrogens (primary N) is 1. The van der Waals surface area contributed by atoms with Gasteiger partial charge in [-0.15, -0.1) is 0 Å². The zero-order valence-corrected chi connectivity index (χ0v) is 15.4. The molecule has 0 aliphatic carbocycles. The second-order valence-corrected chi connectivity index (χ2v) is 6.30. The Morgan fingerprint density at radius 3 is 2.23 bits per heavy atom. The van der Waals surface area contributed by atoms with E-state index in [4.69, 9.17) is 10.5 Å². The van der Waals surface area contributed by atoms with Crippen molar-refractivity contribution < 1.29 is 14.3 Å². The van der Waals surface area contributed by atoms with Crippen molar-refractivity contribution in [3.8, 4) is 6.07 Å². The number of hydrogen-bond donors (Lipinski definition) is 1. The third-order valence-corrected chi connectivity index (χ3v) is 4.61. The Balaban J connectivity index is 1.87. The Hall–Kier alpha value is -2.31. The van der Waals surface area contributed by atoms with Crippen LogP contribution in [0, 0.1) is 11.3 Å². The van der Waals surface area contributed by atoms with Crippen molar-refractivity contribution in [2.75, 3.05) is 72.1 Å². The van der Waals surface area contributed by atoms with E-state index in [9.17, 15) is 14.9 Å². The zero-order valence-electron chi connectivity index (χ0n) is 15.4. The molecule has 0 radical (unpaired) electrons. The molecule has 0 aromatic heterocycles. The van der Waals surface area contributed by atoms with E-state index in [1.165, 1.54) is 0 Å². The normalized spacial score (nSPS) is 19.3. The van der Waals surface area contributed by atoms with Gasteiger partial charge in [0.05, 0.1) is 6.61 Å². The molecule has 2 aliphatic heterocycles. The van der Waals surface area contributed by atoms with Crippen molar-refractivity contribution >= 4 is 12.0 Å². The summed E-state index contributed by atoms with van der Waals surface area (Å²) >= 11 is 0. The minimum absolute atomic E-state index is 0.141. The number of nitriles is 1. The molecule has 2 rings (SSSR count). The summed E-state index contributed by atoms with van der Waals surface area (Å²) in [4.78, 5) is 31.8. The molecule has 2 saturated heterocycles. The lowest BCUT2D eigenvalue weighted by atomic mass is 10.2. The summed E-state index contributed by atoms with van der Waals surface area (Å²) in [5, 5.41) is 9.40. The Morgan fingerprint density at radius 2 is 1.69 bits per heavy atom. The molecule has 0 spiro atoms. The number of ether oxygens (including phenoxy) is 1.